The van der Waals surface area contributed by atoms with Crippen molar-refractivity contribution in [1.29, 1.82) is 0 Å². The first-order valence-corrected chi connectivity index (χ1v) is 19.3. The third-order valence-electron chi connectivity index (χ3n) is 11.7. The van der Waals surface area contributed by atoms with Gasteiger partial charge in [0.1, 0.15) is 17.5 Å². The number of nitrogens with one attached hydrogen (secondary N) is 2. The minimum Gasteiger partial charge on any atom is -0.381 e. The summed E-state index contributed by atoms with van der Waals surface area (Å²) in [4.78, 5) is 36.0. The number of carbonyl (C=O) groups is 1. The summed E-state index contributed by atoms with van der Waals surface area (Å²) < 4.78 is 23.5. The van der Waals surface area contributed by atoms with Crippen molar-refractivity contribution >= 4 is 40.2 Å². The maximum Gasteiger partial charge on any atom is 0.254 e. The Kier molecular flexibility index (Phi) is 10.2. The predicted molar refractivity (Wildman–Crippen MR) is 204 cm³/mol. The molecule has 14 heteroatoms. The smallest absolute Gasteiger partial charge is 0.254 e. The van der Waals surface area contributed by atoms with E-state index in [0.717, 1.165) is 94.5 Å². The lowest BCUT2D eigenvalue weighted by Gasteiger charge is -2.37. The van der Waals surface area contributed by atoms with Crippen LogP contribution in [0.2, 0.25) is 0 Å². The SMILES string of the molecule is COC1CCN(c2nccc(Nc3cc4c(cn3)c(N3CCC(N(C)Cc5ccc6c(c5F)CN(C5CCCNC5)C6=O)CC3)nn4C(C)C)n2)CC1. The maximum absolute atomic E-state index is 15.9. The van der Waals surface area contributed by atoms with Crippen molar-refractivity contribution in [3.63, 3.8) is 0 Å². The number of rotatable bonds is 10. The molecule has 3 aromatic heterocycles. The van der Waals surface area contributed by atoms with Gasteiger partial charge in [0.05, 0.1) is 23.6 Å². The van der Waals surface area contributed by atoms with Gasteiger partial charge >= 0.3 is 0 Å². The van der Waals surface area contributed by atoms with E-state index in [1.807, 2.05) is 29.3 Å². The Hall–Kier alpha value is -4.40. The molecule has 0 aliphatic carbocycles. The van der Waals surface area contributed by atoms with E-state index in [2.05, 4.69) is 62.0 Å². The number of amides is 1. The molecule has 3 fully saturated rings. The molecule has 1 aromatic carbocycles. The largest absolute Gasteiger partial charge is 0.381 e. The lowest BCUT2D eigenvalue weighted by molar-refractivity contribution is 0.0674. The molecule has 13 nitrogen and oxygen atoms in total. The molecule has 4 aliphatic heterocycles. The summed E-state index contributed by atoms with van der Waals surface area (Å²) in [6.07, 6.45) is 9.80. The zero-order chi connectivity index (χ0) is 36.6. The molecule has 0 bridgehead atoms. The molecule has 1 unspecified atom stereocenters. The van der Waals surface area contributed by atoms with Crippen molar-refractivity contribution in [2.75, 3.05) is 68.5 Å². The van der Waals surface area contributed by atoms with Gasteiger partial charge in [0, 0.05) is 99.7 Å². The second-order valence-electron chi connectivity index (χ2n) is 15.4. The first kappa shape index (κ1) is 35.6. The van der Waals surface area contributed by atoms with Crippen LogP contribution in [0, 0.1) is 5.82 Å². The number of piperidine rings is 3. The summed E-state index contributed by atoms with van der Waals surface area (Å²) in [5, 5.41) is 12.9. The molecule has 0 spiro atoms. The standard InChI is InChI=1S/C39H52FN11O2/c1-25(2)51-33-20-35(44-34-9-15-42-39(45-34)49-18-12-29(53-4)13-19-49)43-22-31(33)37(46-51)48-16-10-27(11-17-48)47(3)23-26-7-8-30-32(36(26)40)24-50(38(30)52)28-6-5-14-41-21-28/h7-9,15,20,22,25,27-29,41H,5-6,10-14,16-19,21,23-24H2,1-4H3,(H,42,43,44,45). The fraction of sp³-hybridized carbons (Fsp3) is 0.564. The van der Waals surface area contributed by atoms with Crippen LogP contribution in [0.4, 0.5) is 27.8 Å². The molecule has 1 amide bonds. The van der Waals surface area contributed by atoms with E-state index >= 15 is 4.39 Å². The number of fused-ring (bicyclic) bond motifs is 2. The van der Waals surface area contributed by atoms with E-state index in [4.69, 9.17) is 19.8 Å². The summed E-state index contributed by atoms with van der Waals surface area (Å²) >= 11 is 0. The van der Waals surface area contributed by atoms with Crippen molar-refractivity contribution < 1.29 is 13.9 Å². The molecule has 53 heavy (non-hydrogen) atoms. The van der Waals surface area contributed by atoms with Gasteiger partial charge < -0.3 is 30.1 Å². The highest BCUT2D eigenvalue weighted by Gasteiger charge is 2.36. The number of hydrogen-bond donors (Lipinski definition) is 2. The van der Waals surface area contributed by atoms with Crippen LogP contribution in [0.15, 0.2) is 36.7 Å². The molecule has 2 N–H and O–H groups in total. The summed E-state index contributed by atoms with van der Waals surface area (Å²) in [7, 11) is 3.86. The van der Waals surface area contributed by atoms with Crippen LogP contribution in [0.1, 0.15) is 79.9 Å². The van der Waals surface area contributed by atoms with Crippen LogP contribution in [0.5, 0.6) is 0 Å². The zero-order valence-corrected chi connectivity index (χ0v) is 31.4. The lowest BCUT2D eigenvalue weighted by Crippen LogP contribution is -2.46. The van der Waals surface area contributed by atoms with Crippen LogP contribution in [0.3, 0.4) is 0 Å². The molecule has 4 aromatic rings. The monoisotopic (exact) mass is 725 g/mol. The molecule has 3 saturated heterocycles. The molecular formula is C39H52FN11O2. The van der Waals surface area contributed by atoms with Gasteiger partial charge in [-0.2, -0.15) is 10.1 Å². The molecule has 4 aliphatic rings. The quantitative estimate of drug-likeness (QED) is 0.227. The van der Waals surface area contributed by atoms with E-state index in [-0.39, 0.29) is 23.8 Å². The van der Waals surface area contributed by atoms with Crippen LogP contribution in [0.25, 0.3) is 10.9 Å². The molecule has 1 atom stereocenters. The molecule has 282 valence electrons. The summed E-state index contributed by atoms with van der Waals surface area (Å²) in [5.41, 5.74) is 2.76. The van der Waals surface area contributed by atoms with Gasteiger partial charge in [-0.1, -0.05) is 6.07 Å². The van der Waals surface area contributed by atoms with Gasteiger partial charge in [0.15, 0.2) is 5.82 Å². The van der Waals surface area contributed by atoms with Crippen molar-refractivity contribution in [1.82, 2.24) is 39.8 Å². The number of halogens is 1. The van der Waals surface area contributed by atoms with Crippen molar-refractivity contribution in [2.24, 2.45) is 0 Å². The average Bonchev–Trinajstić information content (AvgIpc) is 3.74. The minimum absolute atomic E-state index is 0.0378. The van der Waals surface area contributed by atoms with Crippen LogP contribution >= 0.6 is 0 Å². The molecule has 7 heterocycles. The van der Waals surface area contributed by atoms with E-state index in [1.165, 1.54) is 0 Å². The third kappa shape index (κ3) is 7.16. The number of ether oxygens (including phenoxy) is 1. The molecule has 8 rings (SSSR count). The Morgan fingerprint density at radius 2 is 1.83 bits per heavy atom. The number of aromatic nitrogens is 5. The van der Waals surface area contributed by atoms with Crippen LogP contribution in [-0.4, -0.2) is 112 Å². The number of anilines is 4. The minimum atomic E-state index is -0.221. The number of carbonyl (C=O) groups excluding carboxylic acids is 1. The highest BCUT2D eigenvalue weighted by Crippen LogP contribution is 2.34. The fourth-order valence-electron chi connectivity index (χ4n) is 8.56. The Morgan fingerprint density at radius 3 is 2.57 bits per heavy atom. The Labute approximate surface area is 310 Å². The Balaban J connectivity index is 0.917. The number of hydrogen-bond acceptors (Lipinski definition) is 11. The number of nitrogens with zero attached hydrogens (tertiary/aromatic N) is 9. The summed E-state index contributed by atoms with van der Waals surface area (Å²) in [6.45, 7) is 10.3. The van der Waals surface area contributed by atoms with E-state index < -0.39 is 0 Å². The average molecular weight is 726 g/mol. The highest BCUT2D eigenvalue weighted by molar-refractivity contribution is 5.98. The highest BCUT2D eigenvalue weighted by atomic mass is 19.1. The first-order valence-electron chi connectivity index (χ1n) is 19.3. The Bertz CT molecular complexity index is 1930. The van der Waals surface area contributed by atoms with Gasteiger partial charge in [0.2, 0.25) is 5.95 Å². The second-order valence-corrected chi connectivity index (χ2v) is 15.4. The van der Waals surface area contributed by atoms with Gasteiger partial charge in [-0.15, -0.1) is 0 Å². The first-order chi connectivity index (χ1) is 25.8. The van der Waals surface area contributed by atoms with Crippen molar-refractivity contribution in [3.8, 4) is 0 Å². The van der Waals surface area contributed by atoms with Gasteiger partial charge in [-0.05, 0) is 78.1 Å². The van der Waals surface area contributed by atoms with E-state index in [9.17, 15) is 4.79 Å². The Morgan fingerprint density at radius 1 is 1.04 bits per heavy atom. The number of pyridine rings is 1. The fourth-order valence-corrected chi connectivity index (χ4v) is 8.56. The van der Waals surface area contributed by atoms with Crippen LogP contribution in [-0.2, 0) is 17.8 Å². The zero-order valence-electron chi connectivity index (χ0n) is 31.4. The van der Waals surface area contributed by atoms with E-state index in [0.29, 0.717) is 59.5 Å². The third-order valence-corrected chi connectivity index (χ3v) is 11.7. The second kappa shape index (κ2) is 15.2. The predicted octanol–water partition coefficient (Wildman–Crippen LogP) is 5.11. The lowest BCUT2D eigenvalue weighted by atomic mass is 10.0. The maximum atomic E-state index is 15.9. The van der Waals surface area contributed by atoms with Crippen molar-refractivity contribution in [2.45, 2.75) is 89.7 Å². The van der Waals surface area contributed by atoms with Gasteiger partial charge in [-0.25, -0.2) is 14.4 Å². The van der Waals surface area contributed by atoms with Crippen LogP contribution < -0.4 is 20.4 Å². The van der Waals surface area contributed by atoms with E-state index in [1.54, 1.807) is 13.3 Å². The molecule has 0 radical (unpaired) electrons. The molecular weight excluding hydrogens is 674 g/mol. The summed E-state index contributed by atoms with van der Waals surface area (Å²) in [6, 6.07) is 8.18. The number of methoxy groups -OCH3 is 1. The van der Waals surface area contributed by atoms with Gasteiger partial charge in [-0.3, -0.25) is 14.4 Å². The summed E-state index contributed by atoms with van der Waals surface area (Å²) in [5.74, 6) is 2.80. The normalized spacial score (nSPS) is 20.3. The van der Waals surface area contributed by atoms with Gasteiger partial charge in [0.25, 0.3) is 5.91 Å². The van der Waals surface area contributed by atoms with Crippen molar-refractivity contribution in [3.05, 3.63) is 59.2 Å². The molecule has 0 saturated carbocycles. The number of benzene rings is 1. The topological polar surface area (TPSA) is 120 Å².